The zero-order valence-electron chi connectivity index (χ0n) is 17.5. The van der Waals surface area contributed by atoms with Crippen LogP contribution in [0.3, 0.4) is 0 Å². The fourth-order valence-electron chi connectivity index (χ4n) is 3.33. The number of allylic oxidation sites excluding steroid dienone is 1. The lowest BCUT2D eigenvalue weighted by molar-refractivity contribution is -0.119. The molecule has 2 aliphatic rings. The number of anilines is 1. The molecule has 1 N–H and O–H groups in total. The highest BCUT2D eigenvalue weighted by Gasteiger charge is 2.33. The van der Waals surface area contributed by atoms with Gasteiger partial charge < -0.3 is 14.8 Å². The van der Waals surface area contributed by atoms with Crippen molar-refractivity contribution < 1.29 is 32.5 Å². The van der Waals surface area contributed by atoms with E-state index in [2.05, 4.69) is 16.3 Å². The third kappa shape index (κ3) is 5.72. The fourth-order valence-corrected chi connectivity index (χ4v) is 4.99. The minimum atomic E-state index is -2.80. The quantitative estimate of drug-likeness (QED) is 0.646. The van der Waals surface area contributed by atoms with E-state index < -0.39 is 33.8 Å². The molecular weight excluding hydrogens is 441 g/mol. The highest BCUT2D eigenvalue weighted by Crippen LogP contribution is 2.30. The summed E-state index contributed by atoms with van der Waals surface area (Å²) in [5.74, 6) is -0.661. The number of cyclic esters (lactones) is 1. The Balaban J connectivity index is 1.70. The summed E-state index contributed by atoms with van der Waals surface area (Å²) < 4.78 is 41.2. The van der Waals surface area contributed by atoms with Crippen molar-refractivity contribution in [2.45, 2.75) is 19.4 Å². The molecule has 1 fully saturated rings. The number of carbonyl (C=O) groups excluding carboxylic acids is 3. The minimum Gasteiger partial charge on any atom is -0.443 e. The number of rotatable bonds is 6. The van der Waals surface area contributed by atoms with Gasteiger partial charge in [-0.15, -0.1) is 4.36 Å². The Morgan fingerprint density at radius 3 is 2.88 bits per heavy atom. The Bertz CT molecular complexity index is 1090. The molecule has 1 unspecified atom stereocenters. The summed E-state index contributed by atoms with van der Waals surface area (Å²) in [6, 6.07) is 4.39. The summed E-state index contributed by atoms with van der Waals surface area (Å²) in [4.78, 5) is 36.1. The second-order valence-electron chi connectivity index (χ2n) is 7.30. The van der Waals surface area contributed by atoms with E-state index in [0.29, 0.717) is 16.8 Å². The highest BCUT2D eigenvalue weighted by molar-refractivity contribution is 7.94. The molecule has 172 valence electrons. The van der Waals surface area contributed by atoms with Gasteiger partial charge in [0.25, 0.3) is 0 Å². The number of carbonyl (C=O) groups is 3. The summed E-state index contributed by atoms with van der Waals surface area (Å²) in [6.45, 7) is 5.13. The molecule has 1 saturated heterocycles. The summed E-state index contributed by atoms with van der Waals surface area (Å²) in [7, 11) is -2.80. The molecular formula is C21H24FN3O6S. The first kappa shape index (κ1) is 23.5. The Kier molecular flexibility index (Phi) is 7.29. The van der Waals surface area contributed by atoms with E-state index in [4.69, 9.17) is 9.47 Å². The smallest absolute Gasteiger partial charge is 0.442 e. The second kappa shape index (κ2) is 9.94. The molecule has 11 heteroatoms. The summed E-state index contributed by atoms with van der Waals surface area (Å²) in [5.41, 5.74) is 1.31. The first-order chi connectivity index (χ1) is 15.2. The van der Waals surface area contributed by atoms with Crippen molar-refractivity contribution in [3.05, 3.63) is 48.3 Å². The lowest BCUT2D eigenvalue weighted by Crippen LogP contribution is -2.33. The maximum absolute atomic E-state index is 14.9. The third-order valence-corrected chi connectivity index (χ3v) is 6.92. The van der Waals surface area contributed by atoms with Gasteiger partial charge in [0.1, 0.15) is 18.5 Å². The zero-order valence-corrected chi connectivity index (χ0v) is 18.4. The van der Waals surface area contributed by atoms with Gasteiger partial charge in [-0.2, -0.15) is 0 Å². The number of ether oxygens (including phenoxy) is 2. The number of nitrogens with one attached hydrogen (secondary N) is 1. The molecule has 2 atom stereocenters. The number of hydrogen-bond acceptors (Lipinski definition) is 6. The third-order valence-electron chi connectivity index (χ3n) is 4.91. The predicted molar refractivity (Wildman–Crippen MR) is 117 cm³/mol. The predicted octanol–water partition coefficient (Wildman–Crippen LogP) is 2.86. The van der Waals surface area contributed by atoms with Gasteiger partial charge in [-0.25, -0.2) is 18.2 Å². The SMILES string of the molecule is C=CCOC(=O)N=S1(=O)CC=C(c2ccc(N3C[C@@H](CNC(C)=O)OC3=O)cc2F)CC1. The van der Waals surface area contributed by atoms with Gasteiger partial charge in [0.05, 0.1) is 34.3 Å². The van der Waals surface area contributed by atoms with Gasteiger partial charge in [-0.3, -0.25) is 9.69 Å². The molecule has 9 nitrogen and oxygen atoms in total. The molecule has 0 radical (unpaired) electrons. The Morgan fingerprint density at radius 2 is 2.25 bits per heavy atom. The van der Waals surface area contributed by atoms with Crippen LogP contribution in [0.2, 0.25) is 0 Å². The molecule has 0 bridgehead atoms. The first-order valence-electron chi connectivity index (χ1n) is 9.92. The van der Waals surface area contributed by atoms with Gasteiger partial charge in [-0.05, 0) is 30.2 Å². The highest BCUT2D eigenvalue weighted by atomic mass is 32.2. The Hall–Kier alpha value is -3.21. The van der Waals surface area contributed by atoms with Gasteiger partial charge in [-0.1, -0.05) is 18.7 Å². The number of nitrogens with zero attached hydrogens (tertiary/aromatic N) is 2. The standard InChI is InChI=1S/C21H24FN3O6S/c1-3-8-30-20(27)24-32(29)9-6-15(7-10-32)18-5-4-16(11-19(18)22)25-13-17(31-21(25)28)12-23-14(2)26/h3-6,11,17H,1,7-10,12-13H2,2H3,(H,23,26)/t17-,32?/m1/s1. The van der Waals surface area contributed by atoms with Gasteiger partial charge >= 0.3 is 12.2 Å². The average Bonchev–Trinajstić information content (AvgIpc) is 3.12. The van der Waals surface area contributed by atoms with Crippen LogP contribution in [-0.2, 0) is 24.0 Å². The monoisotopic (exact) mass is 465 g/mol. The topological polar surface area (TPSA) is 114 Å². The molecule has 3 rings (SSSR count). The van der Waals surface area contributed by atoms with Crippen molar-refractivity contribution in [2.24, 2.45) is 4.36 Å². The van der Waals surface area contributed by atoms with E-state index in [-0.39, 0.29) is 43.5 Å². The van der Waals surface area contributed by atoms with Crippen molar-refractivity contribution >= 4 is 39.1 Å². The molecule has 2 aliphatic heterocycles. The maximum atomic E-state index is 14.9. The summed E-state index contributed by atoms with van der Waals surface area (Å²) in [6.07, 6.45) is 1.23. The lowest BCUT2D eigenvalue weighted by Gasteiger charge is -2.19. The van der Waals surface area contributed by atoms with Crippen LogP contribution in [0.5, 0.6) is 0 Å². The molecule has 3 amide bonds. The van der Waals surface area contributed by atoms with E-state index in [0.717, 1.165) is 0 Å². The molecule has 0 saturated carbocycles. The molecule has 0 aliphatic carbocycles. The van der Waals surface area contributed by atoms with E-state index in [1.807, 2.05) is 0 Å². The van der Waals surface area contributed by atoms with Gasteiger partial charge in [0.15, 0.2) is 0 Å². The minimum absolute atomic E-state index is 0.00991. The number of benzene rings is 1. The largest absolute Gasteiger partial charge is 0.443 e. The molecule has 2 heterocycles. The normalized spacial score (nSPS) is 22.6. The number of amides is 3. The van der Waals surface area contributed by atoms with Crippen LogP contribution in [0.25, 0.3) is 5.57 Å². The maximum Gasteiger partial charge on any atom is 0.442 e. The Morgan fingerprint density at radius 1 is 1.47 bits per heavy atom. The van der Waals surface area contributed by atoms with E-state index in [9.17, 15) is 23.0 Å². The summed E-state index contributed by atoms with van der Waals surface area (Å²) in [5, 5.41) is 2.58. The van der Waals surface area contributed by atoms with Crippen LogP contribution in [0.15, 0.2) is 41.3 Å². The van der Waals surface area contributed by atoms with Gasteiger partial charge in [0.2, 0.25) is 5.91 Å². The first-order valence-corrected chi connectivity index (χ1v) is 11.8. The van der Waals surface area contributed by atoms with Crippen LogP contribution < -0.4 is 10.2 Å². The molecule has 0 aromatic heterocycles. The van der Waals surface area contributed by atoms with Crippen LogP contribution >= 0.6 is 0 Å². The van der Waals surface area contributed by atoms with E-state index >= 15 is 0 Å². The van der Waals surface area contributed by atoms with E-state index in [1.54, 1.807) is 18.2 Å². The van der Waals surface area contributed by atoms with E-state index in [1.165, 1.54) is 24.0 Å². The molecule has 32 heavy (non-hydrogen) atoms. The fraction of sp³-hybridized carbons (Fsp3) is 0.381. The zero-order chi connectivity index (χ0) is 23.3. The Labute approximate surface area is 185 Å². The second-order valence-corrected chi connectivity index (χ2v) is 9.77. The number of hydrogen-bond donors (Lipinski definition) is 1. The van der Waals surface area contributed by atoms with Crippen LogP contribution in [0.4, 0.5) is 19.7 Å². The number of halogens is 1. The van der Waals surface area contributed by atoms with Crippen LogP contribution in [-0.4, -0.2) is 59.6 Å². The van der Waals surface area contributed by atoms with Crippen molar-refractivity contribution in [1.82, 2.24) is 5.32 Å². The van der Waals surface area contributed by atoms with Crippen molar-refractivity contribution in [1.29, 1.82) is 0 Å². The van der Waals surface area contributed by atoms with Crippen molar-refractivity contribution in [3.8, 4) is 0 Å². The lowest BCUT2D eigenvalue weighted by atomic mass is 10.0. The van der Waals surface area contributed by atoms with Crippen molar-refractivity contribution in [2.75, 3.05) is 36.1 Å². The van der Waals surface area contributed by atoms with Gasteiger partial charge in [0, 0.05) is 18.2 Å². The molecule has 1 aromatic carbocycles. The average molecular weight is 466 g/mol. The summed E-state index contributed by atoms with van der Waals surface area (Å²) >= 11 is 0. The van der Waals surface area contributed by atoms with Crippen LogP contribution in [0, 0.1) is 5.82 Å². The molecule has 1 aromatic rings. The van der Waals surface area contributed by atoms with Crippen LogP contribution in [0.1, 0.15) is 18.9 Å². The van der Waals surface area contributed by atoms with Crippen molar-refractivity contribution in [3.63, 3.8) is 0 Å². The molecule has 0 spiro atoms.